The van der Waals surface area contributed by atoms with Gasteiger partial charge in [0.05, 0.1) is 16.9 Å². The van der Waals surface area contributed by atoms with Crippen molar-refractivity contribution in [2.75, 3.05) is 6.54 Å². The van der Waals surface area contributed by atoms with Crippen molar-refractivity contribution in [3.05, 3.63) is 35.9 Å². The van der Waals surface area contributed by atoms with Crippen molar-refractivity contribution in [1.29, 1.82) is 0 Å². The number of hydrogen-bond donors (Lipinski definition) is 2. The fraction of sp³-hybridized carbons (Fsp3) is 0.333. The van der Waals surface area contributed by atoms with Gasteiger partial charge in [0.2, 0.25) is 5.91 Å². The van der Waals surface area contributed by atoms with E-state index in [1.165, 1.54) is 0 Å². The molecule has 0 aliphatic rings. The molecular formula is C12H16N2OS. The van der Waals surface area contributed by atoms with Crippen LogP contribution in [0.5, 0.6) is 0 Å². The lowest BCUT2D eigenvalue weighted by molar-refractivity contribution is -0.125. The minimum absolute atomic E-state index is 0.0773. The summed E-state index contributed by atoms with van der Waals surface area (Å²) in [7, 11) is 0. The Morgan fingerprint density at radius 1 is 1.38 bits per heavy atom. The predicted octanol–water partition coefficient (Wildman–Crippen LogP) is 1.37. The molecule has 1 aromatic rings. The molecule has 3 N–H and O–H groups in total. The Kier molecular flexibility index (Phi) is 4.01. The third kappa shape index (κ3) is 3.03. The molecular weight excluding hydrogens is 220 g/mol. The van der Waals surface area contributed by atoms with Crippen molar-refractivity contribution >= 4 is 23.1 Å². The summed E-state index contributed by atoms with van der Waals surface area (Å²) >= 11 is 4.72. The van der Waals surface area contributed by atoms with Gasteiger partial charge in [0, 0.05) is 0 Å². The highest BCUT2D eigenvalue weighted by molar-refractivity contribution is 7.80. The second-order valence-electron chi connectivity index (χ2n) is 4.14. The Morgan fingerprint density at radius 3 is 2.44 bits per heavy atom. The van der Waals surface area contributed by atoms with Gasteiger partial charge in [0.15, 0.2) is 0 Å². The zero-order valence-corrected chi connectivity index (χ0v) is 10.3. The molecule has 0 atom stereocenters. The van der Waals surface area contributed by atoms with E-state index in [4.69, 9.17) is 18.0 Å². The standard InChI is InChI=1S/C12H16N2OS/c1-12(2,9-6-4-3-5-7-9)11(15)14-8-10(13)16/h3-7H,8H2,1-2H3,(H2,13,16)(H,14,15). The molecule has 1 aromatic carbocycles. The summed E-state index contributed by atoms with van der Waals surface area (Å²) in [6.45, 7) is 3.99. The van der Waals surface area contributed by atoms with Crippen LogP contribution in [0.2, 0.25) is 0 Å². The summed E-state index contributed by atoms with van der Waals surface area (Å²) in [5.74, 6) is -0.0773. The van der Waals surface area contributed by atoms with Crippen LogP contribution in [-0.2, 0) is 10.2 Å². The molecule has 1 rings (SSSR count). The molecule has 4 heteroatoms. The minimum atomic E-state index is -0.577. The van der Waals surface area contributed by atoms with Crippen LogP contribution in [0.25, 0.3) is 0 Å². The highest BCUT2D eigenvalue weighted by atomic mass is 32.1. The lowest BCUT2D eigenvalue weighted by Gasteiger charge is -2.23. The van der Waals surface area contributed by atoms with Crippen molar-refractivity contribution in [3.63, 3.8) is 0 Å². The largest absolute Gasteiger partial charge is 0.392 e. The van der Waals surface area contributed by atoms with Crippen LogP contribution in [0.15, 0.2) is 30.3 Å². The van der Waals surface area contributed by atoms with Gasteiger partial charge >= 0.3 is 0 Å². The number of rotatable bonds is 4. The van der Waals surface area contributed by atoms with Crippen LogP contribution in [0.1, 0.15) is 19.4 Å². The Labute approximate surface area is 101 Å². The predicted molar refractivity (Wildman–Crippen MR) is 69.3 cm³/mol. The first-order chi connectivity index (χ1) is 7.44. The number of carbonyl (C=O) groups is 1. The zero-order chi connectivity index (χ0) is 12.2. The first kappa shape index (κ1) is 12.6. The Morgan fingerprint density at radius 2 is 1.94 bits per heavy atom. The number of hydrogen-bond acceptors (Lipinski definition) is 2. The molecule has 1 amide bonds. The number of thiocarbonyl (C=S) groups is 1. The van der Waals surface area contributed by atoms with Gasteiger partial charge in [-0.3, -0.25) is 4.79 Å². The molecule has 0 spiro atoms. The van der Waals surface area contributed by atoms with Crippen LogP contribution in [0.3, 0.4) is 0 Å². The van der Waals surface area contributed by atoms with Gasteiger partial charge in [0.25, 0.3) is 0 Å². The second kappa shape index (κ2) is 5.07. The van der Waals surface area contributed by atoms with E-state index < -0.39 is 5.41 Å². The van der Waals surface area contributed by atoms with Crippen molar-refractivity contribution in [3.8, 4) is 0 Å². The average molecular weight is 236 g/mol. The minimum Gasteiger partial charge on any atom is -0.392 e. The van der Waals surface area contributed by atoms with Gasteiger partial charge in [0.1, 0.15) is 0 Å². The quantitative estimate of drug-likeness (QED) is 0.776. The van der Waals surface area contributed by atoms with Gasteiger partial charge in [-0.25, -0.2) is 0 Å². The van der Waals surface area contributed by atoms with E-state index in [0.717, 1.165) is 5.56 Å². The normalized spacial score (nSPS) is 10.9. The number of nitrogens with one attached hydrogen (secondary N) is 1. The SMILES string of the molecule is CC(C)(C(=O)NCC(N)=S)c1ccccc1. The van der Waals surface area contributed by atoms with Gasteiger partial charge in [-0.2, -0.15) is 0 Å². The molecule has 0 saturated heterocycles. The van der Waals surface area contributed by atoms with Crippen LogP contribution < -0.4 is 11.1 Å². The zero-order valence-electron chi connectivity index (χ0n) is 9.49. The summed E-state index contributed by atoms with van der Waals surface area (Å²) in [4.78, 5) is 12.2. The lowest BCUT2D eigenvalue weighted by Crippen LogP contribution is -2.43. The molecule has 0 radical (unpaired) electrons. The molecule has 0 fully saturated rings. The first-order valence-corrected chi connectivity index (χ1v) is 5.47. The van der Waals surface area contributed by atoms with E-state index in [1.807, 2.05) is 44.2 Å². The maximum atomic E-state index is 11.9. The van der Waals surface area contributed by atoms with Crippen LogP contribution >= 0.6 is 12.2 Å². The molecule has 0 unspecified atom stereocenters. The van der Waals surface area contributed by atoms with Gasteiger partial charge in [-0.05, 0) is 19.4 Å². The van der Waals surface area contributed by atoms with E-state index in [9.17, 15) is 4.79 Å². The van der Waals surface area contributed by atoms with Crippen LogP contribution in [0, 0.1) is 0 Å². The second-order valence-corrected chi connectivity index (χ2v) is 4.66. The summed E-state index contributed by atoms with van der Waals surface area (Å²) in [5, 5.41) is 2.72. The third-order valence-electron chi connectivity index (χ3n) is 2.49. The van der Waals surface area contributed by atoms with Crippen molar-refractivity contribution < 1.29 is 4.79 Å². The molecule has 0 aliphatic heterocycles. The highest BCUT2D eigenvalue weighted by Gasteiger charge is 2.29. The van der Waals surface area contributed by atoms with Crippen molar-refractivity contribution in [2.24, 2.45) is 5.73 Å². The third-order valence-corrected chi connectivity index (χ3v) is 2.63. The molecule has 0 aliphatic carbocycles. The molecule has 86 valence electrons. The monoisotopic (exact) mass is 236 g/mol. The number of nitrogens with two attached hydrogens (primary N) is 1. The molecule has 0 saturated carbocycles. The number of benzene rings is 1. The van der Waals surface area contributed by atoms with E-state index >= 15 is 0 Å². The summed E-state index contributed by atoms with van der Waals surface area (Å²) in [6, 6.07) is 9.61. The molecule has 3 nitrogen and oxygen atoms in total. The molecule has 16 heavy (non-hydrogen) atoms. The van der Waals surface area contributed by atoms with E-state index in [1.54, 1.807) is 0 Å². The molecule has 0 bridgehead atoms. The molecule has 0 heterocycles. The Balaban J connectivity index is 2.78. The topological polar surface area (TPSA) is 55.1 Å². The van der Waals surface area contributed by atoms with Crippen molar-refractivity contribution in [1.82, 2.24) is 5.32 Å². The average Bonchev–Trinajstić information content (AvgIpc) is 2.27. The number of amides is 1. The molecule has 0 aromatic heterocycles. The number of carbonyl (C=O) groups excluding carboxylic acids is 1. The maximum absolute atomic E-state index is 11.9. The van der Waals surface area contributed by atoms with Crippen LogP contribution in [0.4, 0.5) is 0 Å². The van der Waals surface area contributed by atoms with E-state index in [2.05, 4.69) is 5.32 Å². The lowest BCUT2D eigenvalue weighted by atomic mass is 9.84. The summed E-state index contributed by atoms with van der Waals surface area (Å²) < 4.78 is 0. The summed E-state index contributed by atoms with van der Waals surface area (Å²) in [6.07, 6.45) is 0. The maximum Gasteiger partial charge on any atom is 0.230 e. The Bertz CT molecular complexity index is 387. The van der Waals surface area contributed by atoms with Gasteiger partial charge in [-0.15, -0.1) is 0 Å². The fourth-order valence-electron chi connectivity index (χ4n) is 1.37. The van der Waals surface area contributed by atoms with E-state index in [-0.39, 0.29) is 17.4 Å². The fourth-order valence-corrected chi connectivity index (χ4v) is 1.45. The summed E-state index contributed by atoms with van der Waals surface area (Å²) in [5.41, 5.74) is 5.73. The van der Waals surface area contributed by atoms with E-state index in [0.29, 0.717) is 0 Å². The van der Waals surface area contributed by atoms with Gasteiger partial charge < -0.3 is 11.1 Å². The van der Waals surface area contributed by atoms with Crippen LogP contribution in [-0.4, -0.2) is 17.4 Å². The van der Waals surface area contributed by atoms with Gasteiger partial charge in [-0.1, -0.05) is 42.5 Å². The highest BCUT2D eigenvalue weighted by Crippen LogP contribution is 2.22. The smallest absolute Gasteiger partial charge is 0.230 e. The first-order valence-electron chi connectivity index (χ1n) is 5.06. The Hall–Kier alpha value is -1.42. The van der Waals surface area contributed by atoms with Crippen molar-refractivity contribution in [2.45, 2.75) is 19.3 Å².